The van der Waals surface area contributed by atoms with Crippen LogP contribution in [0, 0.1) is 0 Å². The van der Waals surface area contributed by atoms with E-state index in [1.165, 1.54) is 11.3 Å². The summed E-state index contributed by atoms with van der Waals surface area (Å²) in [6.45, 7) is 3.74. The smallest absolute Gasteiger partial charge is 0.354 e. The van der Waals surface area contributed by atoms with Crippen LogP contribution in [0.4, 0.5) is 0 Å². The quantitative estimate of drug-likeness (QED) is 0.634. The van der Waals surface area contributed by atoms with Crippen LogP contribution in [0.25, 0.3) is 10.2 Å². The van der Waals surface area contributed by atoms with Gasteiger partial charge in [-0.15, -0.1) is 11.3 Å². The van der Waals surface area contributed by atoms with Gasteiger partial charge in [-0.2, -0.15) is 0 Å². The normalized spacial score (nSPS) is 12.6. The van der Waals surface area contributed by atoms with Gasteiger partial charge in [0.2, 0.25) is 0 Å². The molecule has 2 rings (SSSR count). The molecule has 6 heteroatoms. The summed E-state index contributed by atoms with van der Waals surface area (Å²) in [5.74, 6) is -0.379. The van der Waals surface area contributed by atoms with E-state index in [0.717, 1.165) is 10.2 Å². The standard InChI is InChI=1S/C14H17NO4S/c1-3-19-14(18)10-7-12-9(15-10)6-13(20-12)11(17)5-4-8(2)16/h6-8,15-16H,3-5H2,1-2H3. The Morgan fingerprint density at radius 2 is 2.20 bits per heavy atom. The van der Waals surface area contributed by atoms with Crippen LogP contribution in [0.15, 0.2) is 12.1 Å². The van der Waals surface area contributed by atoms with E-state index >= 15 is 0 Å². The van der Waals surface area contributed by atoms with E-state index in [1.54, 1.807) is 26.0 Å². The number of nitrogens with one attached hydrogen (secondary N) is 1. The third-order valence-corrected chi connectivity index (χ3v) is 3.99. The fourth-order valence-corrected chi connectivity index (χ4v) is 2.87. The van der Waals surface area contributed by atoms with E-state index < -0.39 is 12.1 Å². The summed E-state index contributed by atoms with van der Waals surface area (Å²) < 4.78 is 5.76. The van der Waals surface area contributed by atoms with Crippen molar-refractivity contribution < 1.29 is 19.4 Å². The molecule has 0 fully saturated rings. The minimum Gasteiger partial charge on any atom is -0.461 e. The molecule has 0 amide bonds. The first-order valence-electron chi connectivity index (χ1n) is 6.52. The second kappa shape index (κ2) is 6.19. The van der Waals surface area contributed by atoms with Crippen LogP contribution >= 0.6 is 11.3 Å². The average molecular weight is 295 g/mol. The predicted octanol–water partition coefficient (Wildman–Crippen LogP) is 2.75. The number of carbonyl (C=O) groups is 2. The highest BCUT2D eigenvalue weighted by Gasteiger charge is 2.16. The fourth-order valence-electron chi connectivity index (χ4n) is 1.84. The molecule has 0 aromatic carbocycles. The van der Waals surface area contributed by atoms with Crippen molar-refractivity contribution in [2.24, 2.45) is 0 Å². The Morgan fingerprint density at radius 1 is 1.45 bits per heavy atom. The van der Waals surface area contributed by atoms with E-state index in [-0.39, 0.29) is 5.78 Å². The minimum atomic E-state index is -0.473. The molecule has 0 aliphatic rings. The number of aliphatic hydroxyl groups excluding tert-OH is 1. The summed E-state index contributed by atoms with van der Waals surface area (Å²) >= 11 is 1.34. The molecular weight excluding hydrogens is 278 g/mol. The lowest BCUT2D eigenvalue weighted by Gasteiger charge is -2.01. The first kappa shape index (κ1) is 14.7. The number of hydrogen-bond acceptors (Lipinski definition) is 5. The van der Waals surface area contributed by atoms with E-state index in [0.29, 0.717) is 30.0 Å². The topological polar surface area (TPSA) is 79.4 Å². The molecule has 1 unspecified atom stereocenters. The Balaban J connectivity index is 2.13. The van der Waals surface area contributed by atoms with Gasteiger partial charge in [0, 0.05) is 6.42 Å². The second-order valence-corrected chi connectivity index (χ2v) is 5.69. The van der Waals surface area contributed by atoms with Crippen LogP contribution in [0.1, 0.15) is 46.8 Å². The van der Waals surface area contributed by atoms with E-state index in [9.17, 15) is 14.7 Å². The number of rotatable bonds is 6. The van der Waals surface area contributed by atoms with E-state index in [4.69, 9.17) is 4.74 Å². The number of carbonyl (C=O) groups excluding carboxylic acids is 2. The Bertz CT molecular complexity index is 595. The molecule has 0 saturated carbocycles. The third kappa shape index (κ3) is 3.26. The highest BCUT2D eigenvalue weighted by atomic mass is 32.1. The van der Waals surface area contributed by atoms with Crippen LogP contribution < -0.4 is 0 Å². The maximum atomic E-state index is 11.9. The van der Waals surface area contributed by atoms with Gasteiger partial charge < -0.3 is 14.8 Å². The maximum absolute atomic E-state index is 11.9. The van der Waals surface area contributed by atoms with Gasteiger partial charge >= 0.3 is 5.97 Å². The summed E-state index contributed by atoms with van der Waals surface area (Å²) in [6, 6.07) is 3.44. The second-order valence-electron chi connectivity index (χ2n) is 4.60. The molecule has 2 aromatic rings. The number of ketones is 1. The van der Waals surface area contributed by atoms with Crippen LogP contribution in [-0.2, 0) is 4.74 Å². The number of Topliss-reactive ketones (excluding diaryl/α,β-unsaturated/α-hetero) is 1. The molecule has 0 bridgehead atoms. The van der Waals surface area contributed by atoms with Crippen molar-refractivity contribution in [2.45, 2.75) is 32.8 Å². The van der Waals surface area contributed by atoms with Gasteiger partial charge in [0.25, 0.3) is 0 Å². The predicted molar refractivity (Wildman–Crippen MR) is 77.4 cm³/mol. The van der Waals surface area contributed by atoms with Crippen molar-refractivity contribution in [1.29, 1.82) is 0 Å². The number of thiophene rings is 1. The number of hydrogen-bond donors (Lipinski definition) is 2. The van der Waals surface area contributed by atoms with Crippen molar-refractivity contribution in [2.75, 3.05) is 6.61 Å². The largest absolute Gasteiger partial charge is 0.461 e. The van der Waals surface area contributed by atoms with Gasteiger partial charge in [-0.25, -0.2) is 4.79 Å². The number of fused-ring (bicyclic) bond motifs is 1. The molecule has 2 aromatic heterocycles. The minimum absolute atomic E-state index is 0.0122. The highest BCUT2D eigenvalue weighted by molar-refractivity contribution is 7.20. The van der Waals surface area contributed by atoms with Gasteiger partial charge in [0.05, 0.1) is 27.8 Å². The fraction of sp³-hybridized carbons (Fsp3) is 0.429. The Labute approximate surface area is 120 Å². The first-order chi connectivity index (χ1) is 9.51. The molecule has 108 valence electrons. The van der Waals surface area contributed by atoms with E-state index in [1.807, 2.05) is 0 Å². The third-order valence-electron chi connectivity index (χ3n) is 2.86. The summed E-state index contributed by atoms with van der Waals surface area (Å²) in [6.07, 6.45) is 0.309. The maximum Gasteiger partial charge on any atom is 0.354 e. The molecular formula is C14H17NO4S. The summed E-state index contributed by atoms with van der Waals surface area (Å²) in [5.41, 5.74) is 1.16. The van der Waals surface area contributed by atoms with Crippen LogP contribution in [0.2, 0.25) is 0 Å². The van der Waals surface area contributed by atoms with Gasteiger partial charge in [0.15, 0.2) is 5.78 Å². The molecule has 1 atom stereocenters. The number of ether oxygens (including phenoxy) is 1. The number of aliphatic hydroxyl groups is 1. The highest BCUT2D eigenvalue weighted by Crippen LogP contribution is 2.27. The van der Waals surface area contributed by atoms with Gasteiger partial charge in [-0.3, -0.25) is 4.79 Å². The molecule has 20 heavy (non-hydrogen) atoms. The molecule has 0 spiro atoms. The zero-order chi connectivity index (χ0) is 14.7. The lowest BCUT2D eigenvalue weighted by atomic mass is 10.1. The molecule has 0 radical (unpaired) electrons. The first-order valence-corrected chi connectivity index (χ1v) is 7.33. The van der Waals surface area contributed by atoms with Crippen molar-refractivity contribution in [3.8, 4) is 0 Å². The van der Waals surface area contributed by atoms with Crippen molar-refractivity contribution in [1.82, 2.24) is 4.98 Å². The Hall–Kier alpha value is -1.66. The lowest BCUT2D eigenvalue weighted by Crippen LogP contribution is -2.05. The Kier molecular flexibility index (Phi) is 4.57. The van der Waals surface area contributed by atoms with Crippen LogP contribution in [0.5, 0.6) is 0 Å². The summed E-state index contributed by atoms with van der Waals surface area (Å²) in [7, 11) is 0. The van der Waals surface area contributed by atoms with E-state index in [2.05, 4.69) is 4.98 Å². The van der Waals surface area contributed by atoms with Crippen LogP contribution in [-0.4, -0.2) is 34.6 Å². The van der Waals surface area contributed by atoms with Crippen molar-refractivity contribution >= 4 is 33.3 Å². The van der Waals surface area contributed by atoms with Gasteiger partial charge in [-0.05, 0) is 32.4 Å². The zero-order valence-corrected chi connectivity index (χ0v) is 12.3. The molecule has 5 nitrogen and oxygen atoms in total. The number of esters is 1. The average Bonchev–Trinajstić information content (AvgIpc) is 2.94. The van der Waals surface area contributed by atoms with Gasteiger partial charge in [-0.1, -0.05) is 0 Å². The Morgan fingerprint density at radius 3 is 2.80 bits per heavy atom. The number of aromatic amines is 1. The summed E-state index contributed by atoms with van der Waals surface area (Å²) in [5, 5.41) is 9.19. The lowest BCUT2D eigenvalue weighted by molar-refractivity contribution is 0.0520. The molecule has 2 heterocycles. The van der Waals surface area contributed by atoms with Crippen molar-refractivity contribution in [3.63, 3.8) is 0 Å². The summed E-state index contributed by atoms with van der Waals surface area (Å²) in [4.78, 5) is 27.1. The monoisotopic (exact) mass is 295 g/mol. The number of aromatic nitrogens is 1. The number of H-pyrrole nitrogens is 1. The molecule has 0 saturated heterocycles. The van der Waals surface area contributed by atoms with Crippen LogP contribution in [0.3, 0.4) is 0 Å². The van der Waals surface area contributed by atoms with Crippen molar-refractivity contribution in [3.05, 3.63) is 22.7 Å². The zero-order valence-electron chi connectivity index (χ0n) is 11.4. The van der Waals surface area contributed by atoms with Gasteiger partial charge in [0.1, 0.15) is 5.69 Å². The molecule has 0 aliphatic heterocycles. The SMILES string of the molecule is CCOC(=O)c1cc2sc(C(=O)CCC(C)O)cc2[nH]1. The molecule has 2 N–H and O–H groups in total. The molecule has 0 aliphatic carbocycles.